The summed E-state index contributed by atoms with van der Waals surface area (Å²) >= 11 is 0. The van der Waals surface area contributed by atoms with Crippen LogP contribution in [0.25, 0.3) is 0 Å². The summed E-state index contributed by atoms with van der Waals surface area (Å²) in [7, 11) is 0. The van der Waals surface area contributed by atoms with Crippen molar-refractivity contribution in [2.24, 2.45) is 11.1 Å². The highest BCUT2D eigenvalue weighted by atomic mass is 16.1. The molecule has 1 fully saturated rings. The quantitative estimate of drug-likeness (QED) is 0.785. The van der Waals surface area contributed by atoms with Gasteiger partial charge in [-0.25, -0.2) is 0 Å². The first-order valence-electron chi connectivity index (χ1n) is 4.88. The smallest absolute Gasteiger partial charge is 0.238 e. The van der Waals surface area contributed by atoms with Gasteiger partial charge in [-0.2, -0.15) is 5.26 Å². The molecule has 1 aromatic carbocycles. The lowest BCUT2D eigenvalue weighted by Gasteiger charge is -2.04. The van der Waals surface area contributed by atoms with Crippen molar-refractivity contribution in [3.63, 3.8) is 0 Å². The molecule has 0 unspecified atom stereocenters. The first-order valence-corrected chi connectivity index (χ1v) is 4.88. The third kappa shape index (κ3) is 1.39. The van der Waals surface area contributed by atoms with Gasteiger partial charge in [0.05, 0.1) is 6.07 Å². The summed E-state index contributed by atoms with van der Waals surface area (Å²) in [5, 5.41) is 8.96. The van der Waals surface area contributed by atoms with Crippen molar-refractivity contribution in [3.8, 4) is 6.07 Å². The van der Waals surface area contributed by atoms with Crippen LogP contribution in [0.5, 0.6) is 0 Å². The summed E-state index contributed by atoms with van der Waals surface area (Å²) in [4.78, 5) is 11.2. The van der Waals surface area contributed by atoms with Gasteiger partial charge < -0.3 is 5.73 Å². The number of carbonyl (C=O) groups excluding carboxylic acids is 1. The van der Waals surface area contributed by atoms with E-state index in [9.17, 15) is 4.79 Å². The number of carbonyl (C=O) groups is 1. The number of nitrogens with two attached hydrogens (primary N) is 1. The molecule has 15 heavy (non-hydrogen) atoms. The van der Waals surface area contributed by atoms with Crippen molar-refractivity contribution in [3.05, 3.63) is 35.4 Å². The molecular weight excluding hydrogens is 188 g/mol. The maximum Gasteiger partial charge on any atom is 0.238 e. The number of aryl methyl sites for hydroxylation is 1. The normalized spacial score (nSPS) is 28.1. The average Bonchev–Trinajstić information content (AvgIpc) is 2.95. The Bertz CT molecular complexity index is 444. The van der Waals surface area contributed by atoms with Crippen LogP contribution in [-0.4, -0.2) is 5.91 Å². The lowest BCUT2D eigenvalue weighted by Crippen LogP contribution is -2.24. The fourth-order valence-electron chi connectivity index (χ4n) is 1.92. The Morgan fingerprint density at radius 2 is 2.13 bits per heavy atom. The van der Waals surface area contributed by atoms with Gasteiger partial charge in [0.25, 0.3) is 0 Å². The molecule has 2 atom stereocenters. The number of nitriles is 1. The number of hydrogen-bond donors (Lipinski definition) is 1. The van der Waals surface area contributed by atoms with Gasteiger partial charge in [-0.1, -0.05) is 29.8 Å². The fraction of sp³-hybridized carbons (Fsp3) is 0.333. The molecule has 1 aromatic rings. The molecule has 0 aliphatic heterocycles. The van der Waals surface area contributed by atoms with E-state index in [1.807, 2.05) is 37.3 Å². The summed E-state index contributed by atoms with van der Waals surface area (Å²) in [6.45, 7) is 2.00. The maximum atomic E-state index is 11.2. The van der Waals surface area contributed by atoms with E-state index in [0.29, 0.717) is 6.42 Å². The average molecular weight is 200 g/mol. The molecule has 0 radical (unpaired) electrons. The zero-order valence-electron chi connectivity index (χ0n) is 8.53. The van der Waals surface area contributed by atoms with E-state index in [4.69, 9.17) is 11.0 Å². The lowest BCUT2D eigenvalue weighted by molar-refractivity contribution is -0.121. The number of benzene rings is 1. The van der Waals surface area contributed by atoms with Crippen molar-refractivity contribution in [2.45, 2.75) is 19.3 Å². The molecule has 3 nitrogen and oxygen atoms in total. The molecule has 1 aliphatic carbocycles. The van der Waals surface area contributed by atoms with Crippen molar-refractivity contribution in [1.29, 1.82) is 5.26 Å². The third-order valence-electron chi connectivity index (χ3n) is 3.08. The molecular formula is C12H12N2O. The van der Waals surface area contributed by atoms with Crippen LogP contribution >= 0.6 is 0 Å². The van der Waals surface area contributed by atoms with Gasteiger partial charge in [0.2, 0.25) is 5.91 Å². The Balaban J connectivity index is 2.27. The van der Waals surface area contributed by atoms with Crippen molar-refractivity contribution in [2.75, 3.05) is 0 Å². The van der Waals surface area contributed by atoms with Crippen LogP contribution in [0, 0.1) is 23.7 Å². The second-order valence-corrected chi connectivity index (χ2v) is 4.11. The minimum Gasteiger partial charge on any atom is -0.368 e. The number of rotatable bonds is 2. The highest BCUT2D eigenvalue weighted by Gasteiger charge is 2.60. The predicted octanol–water partition coefficient (Wildman–Crippen LogP) is 1.48. The summed E-state index contributed by atoms with van der Waals surface area (Å²) in [6, 6.07) is 9.93. The van der Waals surface area contributed by atoms with Crippen LogP contribution in [0.4, 0.5) is 0 Å². The van der Waals surface area contributed by atoms with E-state index >= 15 is 0 Å². The minimum absolute atomic E-state index is 0.0133. The van der Waals surface area contributed by atoms with Gasteiger partial charge in [0.1, 0.15) is 5.41 Å². The molecule has 0 saturated heterocycles. The van der Waals surface area contributed by atoms with Crippen LogP contribution in [0.15, 0.2) is 24.3 Å². The first kappa shape index (κ1) is 9.72. The Labute approximate surface area is 88.5 Å². The van der Waals surface area contributed by atoms with Gasteiger partial charge in [0, 0.05) is 5.92 Å². The largest absolute Gasteiger partial charge is 0.368 e. The van der Waals surface area contributed by atoms with E-state index < -0.39 is 11.3 Å². The zero-order valence-corrected chi connectivity index (χ0v) is 8.53. The van der Waals surface area contributed by atoms with Gasteiger partial charge in [-0.15, -0.1) is 0 Å². The number of amides is 1. The molecule has 76 valence electrons. The van der Waals surface area contributed by atoms with Crippen molar-refractivity contribution >= 4 is 5.91 Å². The van der Waals surface area contributed by atoms with Gasteiger partial charge in [0.15, 0.2) is 0 Å². The van der Waals surface area contributed by atoms with Crippen LogP contribution in [-0.2, 0) is 4.79 Å². The SMILES string of the molecule is Cc1ccc([C@H]2C[C@]2(C#N)C(N)=O)cc1. The predicted molar refractivity (Wildman–Crippen MR) is 55.8 cm³/mol. The molecule has 1 saturated carbocycles. The Morgan fingerprint density at radius 3 is 2.53 bits per heavy atom. The molecule has 0 bridgehead atoms. The number of hydrogen-bond acceptors (Lipinski definition) is 2. The first-order chi connectivity index (χ1) is 7.10. The molecule has 0 heterocycles. The molecule has 2 N–H and O–H groups in total. The van der Waals surface area contributed by atoms with Gasteiger partial charge >= 0.3 is 0 Å². The standard InChI is InChI=1S/C12H12N2O/c1-8-2-4-9(5-3-8)10-6-12(10,7-13)11(14)15/h2-5,10H,6H2,1H3,(H2,14,15)/t10-,12-/m1/s1. The lowest BCUT2D eigenvalue weighted by atomic mass is 9.99. The highest BCUT2D eigenvalue weighted by Crippen LogP contribution is 2.58. The number of nitrogens with zero attached hydrogens (tertiary/aromatic N) is 1. The van der Waals surface area contributed by atoms with E-state index in [2.05, 4.69) is 0 Å². The molecule has 0 aromatic heterocycles. The Hall–Kier alpha value is -1.82. The molecule has 1 aliphatic rings. The van der Waals surface area contributed by atoms with E-state index in [1.165, 1.54) is 5.56 Å². The molecule has 1 amide bonds. The van der Waals surface area contributed by atoms with Crippen LogP contribution in [0.3, 0.4) is 0 Å². The van der Waals surface area contributed by atoms with Crippen molar-refractivity contribution < 1.29 is 4.79 Å². The summed E-state index contributed by atoms with van der Waals surface area (Å²) in [5.41, 5.74) is 6.49. The van der Waals surface area contributed by atoms with E-state index in [-0.39, 0.29) is 5.92 Å². The third-order valence-corrected chi connectivity index (χ3v) is 3.08. The Kier molecular flexibility index (Phi) is 2.01. The number of primary amides is 1. The van der Waals surface area contributed by atoms with Gasteiger partial charge in [-0.3, -0.25) is 4.79 Å². The second kappa shape index (κ2) is 3.09. The van der Waals surface area contributed by atoms with E-state index in [1.54, 1.807) is 0 Å². The van der Waals surface area contributed by atoms with Crippen LogP contribution < -0.4 is 5.73 Å². The molecule has 2 rings (SSSR count). The highest BCUT2D eigenvalue weighted by molar-refractivity contribution is 5.89. The van der Waals surface area contributed by atoms with Crippen molar-refractivity contribution in [1.82, 2.24) is 0 Å². The fourth-order valence-corrected chi connectivity index (χ4v) is 1.92. The molecule has 3 heteroatoms. The topological polar surface area (TPSA) is 66.9 Å². The summed E-state index contributed by atoms with van der Waals surface area (Å²) < 4.78 is 0. The maximum absolute atomic E-state index is 11.2. The van der Waals surface area contributed by atoms with Crippen LogP contribution in [0.1, 0.15) is 23.5 Å². The minimum atomic E-state index is -0.949. The monoisotopic (exact) mass is 200 g/mol. The molecule has 0 spiro atoms. The second-order valence-electron chi connectivity index (χ2n) is 4.11. The van der Waals surface area contributed by atoms with Crippen LogP contribution in [0.2, 0.25) is 0 Å². The summed E-state index contributed by atoms with van der Waals surface area (Å²) in [6.07, 6.45) is 0.557. The van der Waals surface area contributed by atoms with E-state index in [0.717, 1.165) is 5.56 Å². The Morgan fingerprint density at radius 1 is 1.53 bits per heavy atom. The zero-order chi connectivity index (χ0) is 11.1. The summed E-state index contributed by atoms with van der Waals surface area (Å²) in [5.74, 6) is -0.517. The van der Waals surface area contributed by atoms with Gasteiger partial charge in [-0.05, 0) is 18.9 Å².